The molecule has 0 aromatic heterocycles. The second-order valence-corrected chi connectivity index (χ2v) is 9.74. The van der Waals surface area contributed by atoms with Crippen molar-refractivity contribution < 1.29 is 19.0 Å². The predicted molar refractivity (Wildman–Crippen MR) is 157 cm³/mol. The van der Waals surface area contributed by atoms with Crippen LogP contribution in [0.15, 0.2) is 72.8 Å². The molecule has 0 aliphatic carbocycles. The van der Waals surface area contributed by atoms with E-state index in [0.29, 0.717) is 47.1 Å². The average Bonchev–Trinajstić information content (AvgIpc) is 2.97. The van der Waals surface area contributed by atoms with Crippen molar-refractivity contribution in [1.29, 1.82) is 5.26 Å². The fraction of sp³-hybridized carbons (Fsp3) is 0.212. The van der Waals surface area contributed by atoms with Crippen LogP contribution < -0.4 is 19.9 Å². The standard InChI is InChI=1S/C33H31ClN2O4/c1-22-26(9-4-10-28(22)29-11-5-12-31(23(29)2)38-14-6-13-35)21-40-33-17-32(27(19-37)16-30(33)34)39-20-25-8-3-7-24(15-25)18-36/h3-5,7-12,15-17,19H,6,13-14,20-21,35H2,1-2H3. The summed E-state index contributed by atoms with van der Waals surface area (Å²) in [6, 6.07) is 24.6. The smallest absolute Gasteiger partial charge is 0.153 e. The summed E-state index contributed by atoms with van der Waals surface area (Å²) in [6.07, 6.45) is 1.49. The van der Waals surface area contributed by atoms with Gasteiger partial charge in [0.05, 0.1) is 28.8 Å². The maximum absolute atomic E-state index is 11.7. The third kappa shape index (κ3) is 6.81. The first-order valence-electron chi connectivity index (χ1n) is 13.0. The van der Waals surface area contributed by atoms with Gasteiger partial charge in [0.15, 0.2) is 6.29 Å². The minimum atomic E-state index is 0.187. The van der Waals surface area contributed by atoms with E-state index in [2.05, 4.69) is 32.0 Å². The highest BCUT2D eigenvalue weighted by molar-refractivity contribution is 6.32. The number of halogens is 1. The second-order valence-electron chi connectivity index (χ2n) is 9.34. The molecule has 2 N–H and O–H groups in total. The topological polar surface area (TPSA) is 94.6 Å². The molecular formula is C33H31ClN2O4. The Morgan fingerprint density at radius 2 is 1.57 bits per heavy atom. The number of hydrogen-bond donors (Lipinski definition) is 1. The summed E-state index contributed by atoms with van der Waals surface area (Å²) in [7, 11) is 0. The molecule has 0 radical (unpaired) electrons. The van der Waals surface area contributed by atoms with Crippen molar-refractivity contribution in [2.45, 2.75) is 33.5 Å². The minimum absolute atomic E-state index is 0.187. The molecule has 0 spiro atoms. The van der Waals surface area contributed by atoms with Gasteiger partial charge < -0.3 is 19.9 Å². The first-order valence-corrected chi connectivity index (χ1v) is 13.4. The van der Waals surface area contributed by atoms with E-state index in [1.165, 1.54) is 6.07 Å². The van der Waals surface area contributed by atoms with Gasteiger partial charge in [-0.3, -0.25) is 4.79 Å². The van der Waals surface area contributed by atoms with E-state index in [9.17, 15) is 4.79 Å². The van der Waals surface area contributed by atoms with Crippen LogP contribution in [0, 0.1) is 25.2 Å². The van der Waals surface area contributed by atoms with Crippen molar-refractivity contribution in [2.75, 3.05) is 13.2 Å². The highest BCUT2D eigenvalue weighted by atomic mass is 35.5. The maximum Gasteiger partial charge on any atom is 0.153 e. The van der Waals surface area contributed by atoms with Gasteiger partial charge in [-0.15, -0.1) is 0 Å². The van der Waals surface area contributed by atoms with Crippen molar-refractivity contribution in [3.8, 4) is 34.4 Å². The number of rotatable bonds is 12. The first kappa shape index (κ1) is 28.7. The van der Waals surface area contributed by atoms with Crippen molar-refractivity contribution in [3.63, 3.8) is 0 Å². The molecule has 0 aliphatic heterocycles. The van der Waals surface area contributed by atoms with E-state index in [1.54, 1.807) is 24.3 Å². The van der Waals surface area contributed by atoms with E-state index >= 15 is 0 Å². The quantitative estimate of drug-likeness (QED) is 0.147. The number of nitriles is 1. The Hall–Kier alpha value is -4.31. The molecule has 4 aromatic rings. The van der Waals surface area contributed by atoms with Crippen molar-refractivity contribution in [3.05, 3.63) is 111 Å². The van der Waals surface area contributed by atoms with Gasteiger partial charge in [-0.1, -0.05) is 54.1 Å². The summed E-state index contributed by atoms with van der Waals surface area (Å²) >= 11 is 6.46. The normalized spacial score (nSPS) is 10.6. The van der Waals surface area contributed by atoms with Crippen LogP contribution >= 0.6 is 11.6 Å². The molecule has 40 heavy (non-hydrogen) atoms. The molecule has 0 saturated carbocycles. The molecule has 0 atom stereocenters. The summed E-state index contributed by atoms with van der Waals surface area (Å²) in [5, 5.41) is 9.45. The number of hydrogen-bond acceptors (Lipinski definition) is 6. The fourth-order valence-corrected chi connectivity index (χ4v) is 4.61. The van der Waals surface area contributed by atoms with Gasteiger partial charge in [0.1, 0.15) is 30.5 Å². The zero-order valence-corrected chi connectivity index (χ0v) is 23.3. The van der Waals surface area contributed by atoms with Crippen molar-refractivity contribution in [1.82, 2.24) is 0 Å². The van der Waals surface area contributed by atoms with Gasteiger partial charge in [0.25, 0.3) is 0 Å². The lowest BCUT2D eigenvalue weighted by Gasteiger charge is -2.17. The second kappa shape index (κ2) is 13.7. The van der Waals surface area contributed by atoms with Gasteiger partial charge in [-0.05, 0) is 84.5 Å². The third-order valence-electron chi connectivity index (χ3n) is 6.65. The van der Waals surface area contributed by atoms with Gasteiger partial charge >= 0.3 is 0 Å². The molecule has 6 nitrogen and oxygen atoms in total. The minimum Gasteiger partial charge on any atom is -0.493 e. The lowest BCUT2D eigenvalue weighted by molar-refractivity contribution is 0.111. The van der Waals surface area contributed by atoms with E-state index in [0.717, 1.165) is 45.6 Å². The van der Waals surface area contributed by atoms with Crippen LogP contribution in [0.2, 0.25) is 5.02 Å². The van der Waals surface area contributed by atoms with E-state index in [4.69, 9.17) is 36.8 Å². The summed E-state index contributed by atoms with van der Waals surface area (Å²) in [5.74, 6) is 1.61. The predicted octanol–water partition coefficient (Wildman–Crippen LogP) is 7.19. The summed E-state index contributed by atoms with van der Waals surface area (Å²) in [5.41, 5.74) is 12.6. The van der Waals surface area contributed by atoms with Crippen LogP contribution in [0.25, 0.3) is 11.1 Å². The zero-order chi connectivity index (χ0) is 28.5. The number of benzene rings is 4. The molecule has 0 amide bonds. The van der Waals surface area contributed by atoms with Gasteiger partial charge in [-0.25, -0.2) is 0 Å². The van der Waals surface area contributed by atoms with E-state index in [-0.39, 0.29) is 13.2 Å². The van der Waals surface area contributed by atoms with E-state index < -0.39 is 0 Å². The Bertz CT molecular complexity index is 1540. The average molecular weight is 555 g/mol. The highest BCUT2D eigenvalue weighted by Crippen LogP contribution is 2.36. The Morgan fingerprint density at radius 3 is 2.33 bits per heavy atom. The van der Waals surface area contributed by atoms with Gasteiger partial charge in [0.2, 0.25) is 0 Å². The lowest BCUT2D eigenvalue weighted by Crippen LogP contribution is -2.07. The monoisotopic (exact) mass is 554 g/mol. The van der Waals surface area contributed by atoms with Crippen LogP contribution in [0.4, 0.5) is 0 Å². The van der Waals surface area contributed by atoms with E-state index in [1.807, 2.05) is 30.3 Å². The number of carbonyl (C=O) groups is 1. The molecule has 4 rings (SSSR count). The van der Waals surface area contributed by atoms with Crippen molar-refractivity contribution >= 4 is 17.9 Å². The lowest BCUT2D eigenvalue weighted by atomic mass is 9.93. The van der Waals surface area contributed by atoms with Crippen molar-refractivity contribution in [2.24, 2.45) is 5.73 Å². The Kier molecular flexibility index (Phi) is 9.80. The van der Waals surface area contributed by atoms with Crippen LogP contribution in [-0.2, 0) is 13.2 Å². The number of carbonyl (C=O) groups excluding carboxylic acids is 1. The number of nitrogens with zero attached hydrogens (tertiary/aromatic N) is 1. The highest BCUT2D eigenvalue weighted by Gasteiger charge is 2.15. The molecule has 4 aromatic carbocycles. The summed E-state index contributed by atoms with van der Waals surface area (Å²) in [6.45, 7) is 5.75. The van der Waals surface area contributed by atoms with Gasteiger partial charge in [-0.2, -0.15) is 5.26 Å². The van der Waals surface area contributed by atoms with Crippen LogP contribution in [0.1, 0.15) is 44.6 Å². The number of nitrogens with two attached hydrogens (primary N) is 1. The Balaban J connectivity index is 1.53. The SMILES string of the molecule is Cc1c(COc2cc(OCc3cccc(C#N)c3)c(C=O)cc2Cl)cccc1-c1cccc(OCCCN)c1C. The van der Waals surface area contributed by atoms with Crippen LogP contribution in [-0.4, -0.2) is 19.4 Å². The molecular weight excluding hydrogens is 524 g/mol. The Labute approximate surface area is 239 Å². The largest absolute Gasteiger partial charge is 0.493 e. The summed E-state index contributed by atoms with van der Waals surface area (Å²) in [4.78, 5) is 11.7. The zero-order valence-electron chi connectivity index (χ0n) is 22.6. The number of aldehydes is 1. The molecule has 0 unspecified atom stereocenters. The van der Waals surface area contributed by atoms with Crippen LogP contribution in [0.3, 0.4) is 0 Å². The fourth-order valence-electron chi connectivity index (χ4n) is 4.38. The molecule has 0 aliphatic rings. The molecule has 0 fully saturated rings. The molecule has 0 bridgehead atoms. The third-order valence-corrected chi connectivity index (χ3v) is 6.95. The molecule has 0 heterocycles. The maximum atomic E-state index is 11.7. The van der Waals surface area contributed by atoms with Crippen LogP contribution in [0.5, 0.6) is 17.2 Å². The number of ether oxygens (including phenoxy) is 3. The summed E-state index contributed by atoms with van der Waals surface area (Å²) < 4.78 is 18.0. The first-order chi connectivity index (χ1) is 19.4. The molecule has 204 valence electrons. The molecule has 0 saturated heterocycles. The Morgan fingerprint density at radius 1 is 0.850 bits per heavy atom. The van der Waals surface area contributed by atoms with Gasteiger partial charge in [0, 0.05) is 6.07 Å². The molecule has 7 heteroatoms.